The Kier molecular flexibility index (Phi) is 6.34. The highest BCUT2D eigenvalue weighted by Crippen LogP contribution is 2.22. The number of nitrogens with one attached hydrogen (secondary N) is 1. The van der Waals surface area contributed by atoms with Gasteiger partial charge in [0, 0.05) is 11.3 Å². The molecule has 0 aliphatic rings. The smallest absolute Gasteiger partial charge is 0.255 e. The minimum absolute atomic E-state index is 0.231. The number of carbonyl (C=O) groups is 1. The van der Waals surface area contributed by atoms with E-state index < -0.39 is 10.0 Å². The standard InChI is InChI=1S/C23H24N2O3S/c1-3-18-9-13-21(14-10-18)24-23(26)20-11-15-22(16-12-20)25(29(2,27)28)17-19-7-5-4-6-8-19/h4-16H,3,17H2,1-2H3,(H,24,26). The van der Waals surface area contributed by atoms with Crippen LogP contribution < -0.4 is 9.62 Å². The summed E-state index contributed by atoms with van der Waals surface area (Å²) in [5.74, 6) is -0.241. The van der Waals surface area contributed by atoms with E-state index in [2.05, 4.69) is 12.2 Å². The molecule has 3 rings (SSSR count). The van der Waals surface area contributed by atoms with Gasteiger partial charge in [0.05, 0.1) is 18.5 Å². The zero-order valence-corrected chi connectivity index (χ0v) is 17.3. The van der Waals surface area contributed by atoms with Crippen molar-refractivity contribution in [2.24, 2.45) is 0 Å². The van der Waals surface area contributed by atoms with Gasteiger partial charge in [0.15, 0.2) is 0 Å². The van der Waals surface area contributed by atoms with Gasteiger partial charge in [0.1, 0.15) is 0 Å². The molecule has 0 spiro atoms. The molecule has 3 aromatic carbocycles. The molecular weight excluding hydrogens is 384 g/mol. The number of rotatable bonds is 7. The van der Waals surface area contributed by atoms with Gasteiger partial charge in [-0.1, -0.05) is 49.4 Å². The molecule has 5 nitrogen and oxygen atoms in total. The molecule has 0 unspecified atom stereocenters. The second-order valence-corrected chi connectivity index (χ2v) is 8.71. The van der Waals surface area contributed by atoms with Crippen LogP contribution in [0.4, 0.5) is 11.4 Å². The zero-order chi connectivity index (χ0) is 20.9. The lowest BCUT2D eigenvalue weighted by Gasteiger charge is -2.22. The number of nitrogens with zero attached hydrogens (tertiary/aromatic N) is 1. The first-order valence-corrected chi connectivity index (χ1v) is 11.2. The van der Waals surface area contributed by atoms with Crippen molar-refractivity contribution in [2.75, 3.05) is 15.9 Å². The molecule has 6 heteroatoms. The molecule has 0 aliphatic heterocycles. The number of carbonyl (C=O) groups excluding carboxylic acids is 1. The van der Waals surface area contributed by atoms with Crippen LogP contribution in [0.3, 0.4) is 0 Å². The van der Waals surface area contributed by atoms with Crippen molar-refractivity contribution in [1.29, 1.82) is 0 Å². The Morgan fingerprint density at radius 1 is 0.862 bits per heavy atom. The molecule has 0 saturated heterocycles. The van der Waals surface area contributed by atoms with Crippen molar-refractivity contribution in [2.45, 2.75) is 19.9 Å². The first kappa shape index (κ1) is 20.6. The maximum atomic E-state index is 12.5. The summed E-state index contributed by atoms with van der Waals surface area (Å²) in [5, 5.41) is 2.86. The van der Waals surface area contributed by atoms with Gasteiger partial charge in [0.25, 0.3) is 5.91 Å². The number of amides is 1. The molecule has 0 atom stereocenters. The topological polar surface area (TPSA) is 66.5 Å². The van der Waals surface area contributed by atoms with E-state index >= 15 is 0 Å². The SMILES string of the molecule is CCc1ccc(NC(=O)c2ccc(N(Cc3ccccc3)S(C)(=O)=O)cc2)cc1. The predicted octanol–water partition coefficient (Wildman–Crippen LogP) is 4.47. The Labute approximate surface area is 172 Å². The number of anilines is 2. The van der Waals surface area contributed by atoms with Gasteiger partial charge in [-0.2, -0.15) is 0 Å². The zero-order valence-electron chi connectivity index (χ0n) is 16.5. The Morgan fingerprint density at radius 3 is 2.03 bits per heavy atom. The van der Waals surface area contributed by atoms with Crippen LogP contribution in [0.1, 0.15) is 28.4 Å². The van der Waals surface area contributed by atoms with E-state index in [0.717, 1.165) is 17.7 Å². The van der Waals surface area contributed by atoms with Crippen LogP contribution in [0.5, 0.6) is 0 Å². The highest BCUT2D eigenvalue weighted by atomic mass is 32.2. The van der Waals surface area contributed by atoms with Crippen LogP contribution in [0.15, 0.2) is 78.9 Å². The van der Waals surface area contributed by atoms with E-state index in [1.165, 1.54) is 16.1 Å². The van der Waals surface area contributed by atoms with E-state index in [0.29, 0.717) is 11.3 Å². The number of benzene rings is 3. The van der Waals surface area contributed by atoms with Crippen molar-refractivity contribution >= 4 is 27.3 Å². The van der Waals surface area contributed by atoms with E-state index in [9.17, 15) is 13.2 Å². The van der Waals surface area contributed by atoms with E-state index in [1.807, 2.05) is 54.6 Å². The molecule has 1 amide bonds. The molecule has 29 heavy (non-hydrogen) atoms. The number of aryl methyl sites for hydroxylation is 1. The van der Waals surface area contributed by atoms with Crippen LogP contribution in [-0.2, 0) is 23.0 Å². The second kappa shape index (κ2) is 8.92. The molecule has 0 aliphatic carbocycles. The summed E-state index contributed by atoms with van der Waals surface area (Å²) >= 11 is 0. The average molecular weight is 409 g/mol. The Bertz CT molecular complexity index is 1060. The molecular formula is C23H24N2O3S. The van der Waals surface area contributed by atoms with E-state index in [-0.39, 0.29) is 12.5 Å². The van der Waals surface area contributed by atoms with Crippen molar-refractivity contribution in [1.82, 2.24) is 0 Å². The minimum atomic E-state index is -3.47. The minimum Gasteiger partial charge on any atom is -0.322 e. The summed E-state index contributed by atoms with van der Waals surface area (Å²) in [7, 11) is -3.47. The predicted molar refractivity (Wildman–Crippen MR) is 118 cm³/mol. The highest BCUT2D eigenvalue weighted by Gasteiger charge is 2.18. The molecule has 1 N–H and O–H groups in total. The maximum absolute atomic E-state index is 12.5. The maximum Gasteiger partial charge on any atom is 0.255 e. The normalized spacial score (nSPS) is 11.1. The quantitative estimate of drug-likeness (QED) is 0.627. The van der Waals surface area contributed by atoms with E-state index in [1.54, 1.807) is 24.3 Å². The molecule has 3 aromatic rings. The fourth-order valence-corrected chi connectivity index (χ4v) is 3.84. The highest BCUT2D eigenvalue weighted by molar-refractivity contribution is 7.92. The third-order valence-electron chi connectivity index (χ3n) is 4.61. The molecule has 0 radical (unpaired) electrons. The van der Waals surface area contributed by atoms with Crippen LogP contribution in [-0.4, -0.2) is 20.6 Å². The van der Waals surface area contributed by atoms with Crippen molar-refractivity contribution in [3.63, 3.8) is 0 Å². The van der Waals surface area contributed by atoms with Crippen LogP contribution in [0.2, 0.25) is 0 Å². The molecule has 0 fully saturated rings. The first-order chi connectivity index (χ1) is 13.9. The number of hydrogen-bond acceptors (Lipinski definition) is 3. The van der Waals surface area contributed by atoms with Gasteiger partial charge in [-0.3, -0.25) is 9.10 Å². The number of sulfonamides is 1. The van der Waals surface area contributed by atoms with Gasteiger partial charge in [-0.05, 0) is 53.9 Å². The largest absolute Gasteiger partial charge is 0.322 e. The molecule has 0 aromatic heterocycles. The summed E-state index contributed by atoms with van der Waals surface area (Å²) in [6.07, 6.45) is 2.12. The summed E-state index contributed by atoms with van der Waals surface area (Å²) < 4.78 is 25.9. The fraction of sp³-hybridized carbons (Fsp3) is 0.174. The van der Waals surface area contributed by atoms with Crippen molar-refractivity contribution < 1.29 is 13.2 Å². The van der Waals surface area contributed by atoms with Crippen LogP contribution >= 0.6 is 0 Å². The molecule has 0 bridgehead atoms. The molecule has 0 heterocycles. The third-order valence-corrected chi connectivity index (χ3v) is 5.75. The molecule has 150 valence electrons. The van der Waals surface area contributed by atoms with Gasteiger partial charge >= 0.3 is 0 Å². The van der Waals surface area contributed by atoms with Gasteiger partial charge < -0.3 is 5.32 Å². The Balaban J connectivity index is 1.76. The summed E-state index contributed by atoms with van der Waals surface area (Å²) in [5.41, 5.74) is 3.78. The summed E-state index contributed by atoms with van der Waals surface area (Å²) in [4.78, 5) is 12.5. The third kappa shape index (κ3) is 5.45. The van der Waals surface area contributed by atoms with Gasteiger partial charge in [-0.15, -0.1) is 0 Å². The van der Waals surface area contributed by atoms with Gasteiger partial charge in [-0.25, -0.2) is 8.42 Å². The Morgan fingerprint density at radius 2 is 1.48 bits per heavy atom. The summed E-state index contributed by atoms with van der Waals surface area (Å²) in [6, 6.07) is 23.7. The lowest BCUT2D eigenvalue weighted by molar-refractivity contribution is 0.102. The lowest BCUT2D eigenvalue weighted by atomic mass is 10.1. The van der Waals surface area contributed by atoms with Crippen molar-refractivity contribution in [3.05, 3.63) is 95.6 Å². The average Bonchev–Trinajstić information content (AvgIpc) is 2.72. The Hall–Kier alpha value is -3.12. The number of hydrogen-bond donors (Lipinski definition) is 1. The van der Waals surface area contributed by atoms with Crippen LogP contribution in [0.25, 0.3) is 0 Å². The van der Waals surface area contributed by atoms with Crippen LogP contribution in [0, 0.1) is 0 Å². The van der Waals surface area contributed by atoms with Gasteiger partial charge in [0.2, 0.25) is 10.0 Å². The fourth-order valence-electron chi connectivity index (χ4n) is 2.96. The summed E-state index contributed by atoms with van der Waals surface area (Å²) in [6.45, 7) is 2.31. The van der Waals surface area contributed by atoms with Crippen molar-refractivity contribution in [3.8, 4) is 0 Å². The first-order valence-electron chi connectivity index (χ1n) is 9.39. The monoisotopic (exact) mass is 408 g/mol. The molecule has 0 saturated carbocycles. The van der Waals surface area contributed by atoms with E-state index in [4.69, 9.17) is 0 Å². The lowest BCUT2D eigenvalue weighted by Crippen LogP contribution is -2.29. The second-order valence-electron chi connectivity index (χ2n) is 6.81.